The lowest BCUT2D eigenvalue weighted by Crippen LogP contribution is -2.44. The number of benzene rings is 3. The summed E-state index contributed by atoms with van der Waals surface area (Å²) in [5.41, 5.74) is 2.44. The van der Waals surface area contributed by atoms with E-state index >= 15 is 0 Å². The van der Waals surface area contributed by atoms with Crippen LogP contribution in [0.3, 0.4) is 0 Å². The molecule has 5 rings (SSSR count). The Labute approximate surface area is 193 Å². The van der Waals surface area contributed by atoms with Gasteiger partial charge in [-0.3, -0.25) is 4.79 Å². The second-order valence-corrected chi connectivity index (χ2v) is 10.8. The molecule has 3 aromatic rings. The summed E-state index contributed by atoms with van der Waals surface area (Å²) < 4.78 is 29.1. The molecule has 0 N–H and O–H groups in total. The number of para-hydroxylation sites is 1. The number of likely N-dealkylation sites (N-methyl/N-ethyl adjacent to an activating group) is 1. The SMILES string of the molecule is Cc1ccc(S(=O)(=O)N2CC[C@@]3(C(=O)N(C)c4ccccc43)[C@@H]2c2ccc(Cl)cc2)cc1. The number of nitrogens with zero attached hydrogens (tertiary/aromatic N) is 2. The fraction of sp³-hybridized carbons (Fsp3) is 0.240. The first-order valence-corrected chi connectivity index (χ1v) is 12.3. The van der Waals surface area contributed by atoms with Gasteiger partial charge in [-0.05, 0) is 54.8 Å². The van der Waals surface area contributed by atoms with Crippen LogP contribution >= 0.6 is 11.6 Å². The zero-order valence-electron chi connectivity index (χ0n) is 17.8. The lowest BCUT2D eigenvalue weighted by Gasteiger charge is -2.34. The highest BCUT2D eigenvalue weighted by Crippen LogP contribution is 2.57. The van der Waals surface area contributed by atoms with Gasteiger partial charge >= 0.3 is 0 Å². The molecular weight excluding hydrogens is 444 g/mol. The van der Waals surface area contributed by atoms with Crippen LogP contribution in [0.4, 0.5) is 5.69 Å². The Bertz CT molecular complexity index is 1310. The van der Waals surface area contributed by atoms with Gasteiger partial charge in [0.1, 0.15) is 0 Å². The molecule has 0 unspecified atom stereocenters. The summed E-state index contributed by atoms with van der Waals surface area (Å²) >= 11 is 6.13. The Kier molecular flexibility index (Phi) is 4.93. The minimum Gasteiger partial charge on any atom is -0.314 e. The molecule has 0 bridgehead atoms. The number of hydrogen-bond acceptors (Lipinski definition) is 3. The van der Waals surface area contributed by atoms with Crippen LogP contribution in [-0.4, -0.2) is 32.2 Å². The van der Waals surface area contributed by atoms with Gasteiger partial charge in [-0.15, -0.1) is 0 Å². The van der Waals surface area contributed by atoms with Crippen molar-refractivity contribution in [3.05, 3.63) is 94.5 Å². The Hall–Kier alpha value is -2.67. The molecule has 0 radical (unpaired) electrons. The molecule has 2 atom stereocenters. The van der Waals surface area contributed by atoms with Crippen molar-refractivity contribution in [3.63, 3.8) is 0 Å². The van der Waals surface area contributed by atoms with E-state index in [1.165, 1.54) is 4.31 Å². The maximum absolute atomic E-state index is 13.8. The minimum atomic E-state index is -3.84. The molecule has 1 saturated heterocycles. The maximum atomic E-state index is 13.8. The number of rotatable bonds is 3. The number of anilines is 1. The van der Waals surface area contributed by atoms with Crippen LogP contribution in [0.25, 0.3) is 0 Å². The molecule has 2 aliphatic heterocycles. The quantitative estimate of drug-likeness (QED) is 0.562. The van der Waals surface area contributed by atoms with E-state index in [0.29, 0.717) is 11.4 Å². The van der Waals surface area contributed by atoms with Crippen LogP contribution in [0.1, 0.15) is 29.2 Å². The first-order chi connectivity index (χ1) is 15.3. The number of fused-ring (bicyclic) bond motifs is 2. The zero-order chi connectivity index (χ0) is 22.7. The van der Waals surface area contributed by atoms with E-state index in [2.05, 4.69) is 0 Å². The predicted octanol–water partition coefficient (Wildman–Crippen LogP) is 4.70. The van der Waals surface area contributed by atoms with Gasteiger partial charge < -0.3 is 4.90 Å². The second-order valence-electron chi connectivity index (χ2n) is 8.49. The van der Waals surface area contributed by atoms with E-state index in [-0.39, 0.29) is 17.3 Å². The maximum Gasteiger partial charge on any atom is 0.243 e. The Balaban J connectivity index is 1.73. The van der Waals surface area contributed by atoms with Gasteiger partial charge in [-0.2, -0.15) is 4.31 Å². The molecule has 2 aliphatic rings. The van der Waals surface area contributed by atoms with Crippen LogP contribution in [-0.2, 0) is 20.2 Å². The van der Waals surface area contributed by atoms with Crippen LogP contribution in [0.5, 0.6) is 0 Å². The smallest absolute Gasteiger partial charge is 0.243 e. The van der Waals surface area contributed by atoms with E-state index in [1.54, 1.807) is 48.3 Å². The highest BCUT2D eigenvalue weighted by atomic mass is 35.5. The van der Waals surface area contributed by atoms with Gasteiger partial charge in [-0.25, -0.2) is 8.42 Å². The summed E-state index contributed by atoms with van der Waals surface area (Å²) in [6, 6.07) is 21.0. The molecular formula is C25H23ClN2O3S. The molecule has 0 aromatic heterocycles. The van der Waals surface area contributed by atoms with E-state index in [4.69, 9.17) is 11.6 Å². The molecule has 32 heavy (non-hydrogen) atoms. The molecule has 0 saturated carbocycles. The van der Waals surface area contributed by atoms with Crippen molar-refractivity contribution < 1.29 is 13.2 Å². The van der Waals surface area contributed by atoms with Crippen molar-refractivity contribution in [1.29, 1.82) is 0 Å². The van der Waals surface area contributed by atoms with Gasteiger partial charge in [0.25, 0.3) is 0 Å². The normalized spacial score (nSPS) is 23.2. The number of carbonyl (C=O) groups excluding carboxylic acids is 1. The Morgan fingerprint density at radius 1 is 0.969 bits per heavy atom. The van der Waals surface area contributed by atoms with Crippen molar-refractivity contribution in [1.82, 2.24) is 4.31 Å². The van der Waals surface area contributed by atoms with Crippen molar-refractivity contribution in [2.45, 2.75) is 29.7 Å². The summed E-state index contributed by atoms with van der Waals surface area (Å²) in [6.07, 6.45) is 0.408. The predicted molar refractivity (Wildman–Crippen MR) is 125 cm³/mol. The number of halogens is 1. The number of sulfonamides is 1. The molecule has 0 aliphatic carbocycles. The van der Waals surface area contributed by atoms with E-state index in [9.17, 15) is 13.2 Å². The molecule has 1 fully saturated rings. The molecule has 164 valence electrons. The van der Waals surface area contributed by atoms with Gasteiger partial charge in [0.15, 0.2) is 0 Å². The first-order valence-electron chi connectivity index (χ1n) is 10.5. The minimum absolute atomic E-state index is 0.0831. The van der Waals surface area contributed by atoms with E-state index in [1.807, 2.05) is 43.3 Å². The van der Waals surface area contributed by atoms with Crippen molar-refractivity contribution in [3.8, 4) is 0 Å². The second kappa shape index (κ2) is 7.44. The first kappa shape index (κ1) is 21.2. The molecule has 3 aromatic carbocycles. The summed E-state index contributed by atoms with van der Waals surface area (Å²) in [5.74, 6) is -0.0831. The molecule has 7 heteroatoms. The number of hydrogen-bond donors (Lipinski definition) is 0. The molecule has 2 heterocycles. The summed E-state index contributed by atoms with van der Waals surface area (Å²) in [4.78, 5) is 15.7. The van der Waals surface area contributed by atoms with Crippen molar-refractivity contribution >= 4 is 33.2 Å². The lowest BCUT2D eigenvalue weighted by atomic mass is 9.73. The largest absolute Gasteiger partial charge is 0.314 e. The summed E-state index contributed by atoms with van der Waals surface area (Å²) in [5, 5.41) is 0.559. The van der Waals surface area contributed by atoms with E-state index < -0.39 is 21.5 Å². The van der Waals surface area contributed by atoms with E-state index in [0.717, 1.165) is 22.4 Å². The third-order valence-corrected chi connectivity index (χ3v) is 8.86. The Morgan fingerprint density at radius 3 is 2.31 bits per heavy atom. The van der Waals surface area contributed by atoms with Crippen molar-refractivity contribution in [2.75, 3.05) is 18.5 Å². The van der Waals surface area contributed by atoms with Crippen LogP contribution in [0.2, 0.25) is 5.02 Å². The highest BCUT2D eigenvalue weighted by Gasteiger charge is 2.62. The zero-order valence-corrected chi connectivity index (χ0v) is 19.4. The summed E-state index contributed by atoms with van der Waals surface area (Å²) in [6.45, 7) is 2.17. The number of carbonyl (C=O) groups is 1. The monoisotopic (exact) mass is 466 g/mol. The molecule has 5 nitrogen and oxygen atoms in total. The third-order valence-electron chi connectivity index (χ3n) is 6.73. The number of amides is 1. The standard InChI is InChI=1S/C25H23ClN2O3S/c1-17-7-13-20(14-8-17)32(30,31)28-16-15-25(23(28)18-9-11-19(26)12-10-18)21-5-3-4-6-22(21)27(2)24(25)29/h3-14,23H,15-16H2,1-2H3/t23-,25-/m0/s1. The van der Waals surface area contributed by atoms with Gasteiger partial charge in [-0.1, -0.05) is 59.6 Å². The fourth-order valence-electron chi connectivity index (χ4n) is 5.17. The highest BCUT2D eigenvalue weighted by molar-refractivity contribution is 7.89. The molecule has 1 amide bonds. The molecule has 1 spiro atoms. The fourth-order valence-corrected chi connectivity index (χ4v) is 6.96. The van der Waals surface area contributed by atoms with Gasteiger partial charge in [0.2, 0.25) is 15.9 Å². The number of aryl methyl sites for hydroxylation is 1. The van der Waals surface area contributed by atoms with Gasteiger partial charge in [0.05, 0.1) is 16.4 Å². The van der Waals surface area contributed by atoms with Crippen LogP contribution in [0, 0.1) is 6.92 Å². The average molecular weight is 467 g/mol. The van der Waals surface area contributed by atoms with Crippen LogP contribution in [0.15, 0.2) is 77.7 Å². The van der Waals surface area contributed by atoms with Crippen molar-refractivity contribution in [2.24, 2.45) is 0 Å². The lowest BCUT2D eigenvalue weighted by molar-refractivity contribution is -0.123. The van der Waals surface area contributed by atoms with Gasteiger partial charge in [0, 0.05) is 24.3 Å². The average Bonchev–Trinajstić information content (AvgIpc) is 3.29. The third kappa shape index (κ3) is 2.94. The Morgan fingerprint density at radius 2 is 1.62 bits per heavy atom. The topological polar surface area (TPSA) is 57.7 Å². The summed E-state index contributed by atoms with van der Waals surface area (Å²) in [7, 11) is -2.08. The van der Waals surface area contributed by atoms with Crippen LogP contribution < -0.4 is 4.90 Å².